The molecule has 2 amide bonds. The molecule has 0 bridgehead atoms. The average molecular weight is 425 g/mol. The first kappa shape index (κ1) is 19.1. The van der Waals surface area contributed by atoms with Crippen molar-refractivity contribution in [2.24, 2.45) is 11.8 Å². The van der Waals surface area contributed by atoms with Gasteiger partial charge in [0, 0.05) is 23.3 Å². The van der Waals surface area contributed by atoms with E-state index in [2.05, 4.69) is 20.6 Å². The van der Waals surface area contributed by atoms with E-state index in [0.29, 0.717) is 35.3 Å². The summed E-state index contributed by atoms with van der Waals surface area (Å²) in [6.45, 7) is 0.684. The van der Waals surface area contributed by atoms with Crippen molar-refractivity contribution in [1.82, 2.24) is 15.3 Å². The van der Waals surface area contributed by atoms with Crippen molar-refractivity contribution in [1.29, 1.82) is 5.26 Å². The summed E-state index contributed by atoms with van der Waals surface area (Å²) in [4.78, 5) is 34.0. The molecule has 0 saturated heterocycles. The van der Waals surface area contributed by atoms with Crippen molar-refractivity contribution in [3.63, 3.8) is 0 Å². The summed E-state index contributed by atoms with van der Waals surface area (Å²) in [5.74, 6) is 1.52. The molecule has 2 fully saturated rings. The first-order valence-corrected chi connectivity index (χ1v) is 11.3. The summed E-state index contributed by atoms with van der Waals surface area (Å²) < 4.78 is 0. The van der Waals surface area contributed by atoms with Crippen LogP contribution in [0.2, 0.25) is 0 Å². The zero-order valence-electron chi connectivity index (χ0n) is 16.6. The van der Waals surface area contributed by atoms with Gasteiger partial charge in [-0.25, -0.2) is 4.98 Å². The number of nitrogen functional groups attached to an aromatic ring is 1. The quantitative estimate of drug-likeness (QED) is 0.565. The third-order valence-corrected chi connectivity index (χ3v) is 7.38. The molecule has 9 heteroatoms. The maximum absolute atomic E-state index is 13.1. The lowest BCUT2D eigenvalue weighted by Gasteiger charge is -2.21. The van der Waals surface area contributed by atoms with Gasteiger partial charge in [-0.1, -0.05) is 0 Å². The van der Waals surface area contributed by atoms with Crippen molar-refractivity contribution in [3.8, 4) is 6.07 Å². The molecule has 30 heavy (non-hydrogen) atoms. The van der Waals surface area contributed by atoms with Crippen LogP contribution in [0.5, 0.6) is 0 Å². The van der Waals surface area contributed by atoms with Gasteiger partial charge in [0.25, 0.3) is 5.91 Å². The summed E-state index contributed by atoms with van der Waals surface area (Å²) in [6.07, 6.45) is 6.45. The fraction of sp³-hybridized carbons (Fsp3) is 0.524. The Morgan fingerprint density at radius 1 is 1.27 bits per heavy atom. The van der Waals surface area contributed by atoms with E-state index in [0.717, 1.165) is 49.0 Å². The molecule has 0 radical (unpaired) electrons. The van der Waals surface area contributed by atoms with Gasteiger partial charge in [-0.3, -0.25) is 9.59 Å². The van der Waals surface area contributed by atoms with Crippen molar-refractivity contribution >= 4 is 34.0 Å². The number of aromatic nitrogens is 2. The number of hydrogen-bond donors (Lipinski definition) is 4. The first-order chi connectivity index (χ1) is 14.5. The van der Waals surface area contributed by atoms with Gasteiger partial charge in [-0.2, -0.15) is 5.26 Å². The van der Waals surface area contributed by atoms with Crippen LogP contribution in [0.4, 0.5) is 10.8 Å². The molecule has 2 aromatic rings. The van der Waals surface area contributed by atoms with Crippen LogP contribution >= 0.6 is 11.3 Å². The Balaban J connectivity index is 1.44. The Kier molecular flexibility index (Phi) is 4.74. The topological polar surface area (TPSA) is 137 Å². The summed E-state index contributed by atoms with van der Waals surface area (Å²) in [7, 11) is 0. The van der Waals surface area contributed by atoms with Crippen molar-refractivity contribution in [3.05, 3.63) is 27.5 Å². The van der Waals surface area contributed by atoms with Gasteiger partial charge in [0.1, 0.15) is 16.9 Å². The number of thiophene rings is 1. The third-order valence-electron chi connectivity index (χ3n) is 6.17. The van der Waals surface area contributed by atoms with E-state index in [1.54, 1.807) is 0 Å². The van der Waals surface area contributed by atoms with E-state index >= 15 is 0 Å². The monoisotopic (exact) mass is 424 g/mol. The standard InChI is InChI=1S/C21H24N6O2S/c22-8-14-17(23)26-18(25-14)12-5-6-15-13(7-12)16(20(29)24-9-10-1-2-10)21(30-15)27-19(28)11-3-4-11/h10-12H,1-7,9,23H2,(H,24,29)(H,25,26)(H,27,28)/t12-/m0/s1. The largest absolute Gasteiger partial charge is 0.381 e. The summed E-state index contributed by atoms with van der Waals surface area (Å²) in [6, 6.07) is 2.03. The highest BCUT2D eigenvalue weighted by atomic mass is 32.1. The fourth-order valence-electron chi connectivity index (χ4n) is 4.04. The number of rotatable bonds is 6. The Hall–Kier alpha value is -2.86. The molecule has 5 rings (SSSR count). The number of H-pyrrole nitrogens is 1. The summed E-state index contributed by atoms with van der Waals surface area (Å²) >= 11 is 1.52. The maximum atomic E-state index is 13.1. The zero-order valence-corrected chi connectivity index (χ0v) is 17.4. The minimum Gasteiger partial charge on any atom is -0.381 e. The van der Waals surface area contributed by atoms with Crippen LogP contribution in [-0.4, -0.2) is 28.3 Å². The molecular weight excluding hydrogens is 400 g/mol. The highest BCUT2D eigenvalue weighted by Gasteiger charge is 2.35. The molecule has 0 spiro atoms. The molecule has 8 nitrogen and oxygen atoms in total. The second-order valence-electron chi connectivity index (χ2n) is 8.56. The number of carbonyl (C=O) groups is 2. The highest BCUT2D eigenvalue weighted by Crippen LogP contribution is 2.43. The second kappa shape index (κ2) is 7.43. The average Bonchev–Trinajstić information content (AvgIpc) is 3.65. The number of imidazole rings is 1. The van der Waals surface area contributed by atoms with Crippen LogP contribution < -0.4 is 16.4 Å². The van der Waals surface area contributed by atoms with Gasteiger partial charge < -0.3 is 21.4 Å². The van der Waals surface area contributed by atoms with Crippen LogP contribution in [0.3, 0.4) is 0 Å². The number of nitrogens with two attached hydrogens (primary N) is 1. The first-order valence-electron chi connectivity index (χ1n) is 10.5. The van der Waals surface area contributed by atoms with Gasteiger partial charge >= 0.3 is 0 Å². The molecular formula is C21H24N6O2S. The number of hydrogen-bond acceptors (Lipinski definition) is 6. The number of carbonyl (C=O) groups excluding carboxylic acids is 2. The molecule has 3 aliphatic rings. The lowest BCUT2D eigenvalue weighted by atomic mass is 9.85. The number of amides is 2. The van der Waals surface area contributed by atoms with Gasteiger partial charge in [0.05, 0.1) is 5.56 Å². The molecule has 0 aliphatic heterocycles. The SMILES string of the molecule is N#Cc1[nH]c([C@H]2CCc3sc(NC(=O)C4CC4)c(C(=O)NCC4CC4)c3C2)nc1N. The molecule has 2 saturated carbocycles. The van der Waals surface area contributed by atoms with E-state index in [1.807, 2.05) is 6.07 Å². The van der Waals surface area contributed by atoms with E-state index < -0.39 is 0 Å². The number of anilines is 2. The van der Waals surface area contributed by atoms with E-state index in [-0.39, 0.29) is 35.2 Å². The van der Waals surface area contributed by atoms with Crippen LogP contribution in [0.25, 0.3) is 0 Å². The smallest absolute Gasteiger partial charge is 0.254 e. The summed E-state index contributed by atoms with van der Waals surface area (Å²) in [5, 5.41) is 15.9. The predicted octanol–water partition coefficient (Wildman–Crippen LogP) is 2.69. The van der Waals surface area contributed by atoms with Crippen molar-refractivity contribution in [2.45, 2.75) is 50.9 Å². The van der Waals surface area contributed by atoms with Crippen LogP contribution in [-0.2, 0) is 17.6 Å². The number of aromatic amines is 1. The molecule has 5 N–H and O–H groups in total. The molecule has 0 unspecified atom stereocenters. The number of nitrogens with one attached hydrogen (secondary N) is 3. The maximum Gasteiger partial charge on any atom is 0.254 e. The molecule has 1 atom stereocenters. The van der Waals surface area contributed by atoms with E-state index in [4.69, 9.17) is 11.0 Å². The Labute approximate surface area is 178 Å². The van der Waals surface area contributed by atoms with Gasteiger partial charge in [-0.15, -0.1) is 11.3 Å². The van der Waals surface area contributed by atoms with E-state index in [9.17, 15) is 9.59 Å². The normalized spacial score (nSPS) is 20.3. The second-order valence-corrected chi connectivity index (χ2v) is 9.66. The number of fused-ring (bicyclic) bond motifs is 1. The van der Waals surface area contributed by atoms with Gasteiger partial charge in [0.15, 0.2) is 11.5 Å². The lowest BCUT2D eigenvalue weighted by molar-refractivity contribution is -0.117. The molecule has 0 aromatic carbocycles. The number of aryl methyl sites for hydroxylation is 1. The summed E-state index contributed by atoms with van der Waals surface area (Å²) in [5.41, 5.74) is 7.70. The number of nitrogens with zero attached hydrogens (tertiary/aromatic N) is 2. The van der Waals surface area contributed by atoms with Gasteiger partial charge in [0.2, 0.25) is 5.91 Å². The molecule has 2 heterocycles. The number of nitriles is 1. The Bertz CT molecular complexity index is 1060. The van der Waals surface area contributed by atoms with Crippen LogP contribution in [0, 0.1) is 23.2 Å². The van der Waals surface area contributed by atoms with Crippen molar-refractivity contribution in [2.75, 3.05) is 17.6 Å². The van der Waals surface area contributed by atoms with Crippen LogP contribution in [0.1, 0.15) is 70.3 Å². The minimum absolute atomic E-state index is 0.0128. The van der Waals surface area contributed by atoms with Gasteiger partial charge in [-0.05, 0) is 56.4 Å². The zero-order chi connectivity index (χ0) is 20.8. The predicted molar refractivity (Wildman–Crippen MR) is 113 cm³/mol. The molecule has 2 aromatic heterocycles. The molecule has 3 aliphatic carbocycles. The lowest BCUT2D eigenvalue weighted by Crippen LogP contribution is -2.28. The Morgan fingerprint density at radius 3 is 2.73 bits per heavy atom. The fourth-order valence-corrected chi connectivity index (χ4v) is 5.28. The third kappa shape index (κ3) is 3.67. The Morgan fingerprint density at radius 2 is 2.07 bits per heavy atom. The van der Waals surface area contributed by atoms with Crippen molar-refractivity contribution < 1.29 is 9.59 Å². The minimum atomic E-state index is -0.109. The molecule has 156 valence electrons. The van der Waals surface area contributed by atoms with Crippen LogP contribution in [0.15, 0.2) is 0 Å². The van der Waals surface area contributed by atoms with E-state index in [1.165, 1.54) is 11.3 Å². The highest BCUT2D eigenvalue weighted by molar-refractivity contribution is 7.17.